The number of hydrogen-bond acceptors (Lipinski definition) is 3. The zero-order valence-electron chi connectivity index (χ0n) is 16.4. The van der Waals surface area contributed by atoms with E-state index in [1.54, 1.807) is 12.1 Å². The normalized spacial score (nSPS) is 17.9. The molecule has 0 bridgehead atoms. The Balaban J connectivity index is 1.77. The molecule has 1 atom stereocenters. The Morgan fingerprint density at radius 1 is 1.28 bits per heavy atom. The molecule has 1 fully saturated rings. The first kappa shape index (κ1) is 22.3. The molecular weight excluding hydrogens is 476 g/mol. The number of amides is 1. The summed E-state index contributed by atoms with van der Waals surface area (Å²) in [6.45, 7) is 4.58. The monoisotopic (exact) mass is 498 g/mol. The van der Waals surface area contributed by atoms with Crippen molar-refractivity contribution in [2.45, 2.75) is 38.0 Å². The fourth-order valence-corrected chi connectivity index (χ4v) is 5.90. The number of rotatable bonds is 5. The molecule has 3 rings (SSSR count). The highest BCUT2D eigenvalue weighted by Gasteiger charge is 2.33. The van der Waals surface area contributed by atoms with E-state index in [1.807, 2.05) is 26.0 Å². The molecule has 0 saturated carbocycles. The van der Waals surface area contributed by atoms with Crippen LogP contribution in [-0.2, 0) is 21.2 Å². The Morgan fingerprint density at radius 2 is 1.97 bits per heavy atom. The predicted octanol–water partition coefficient (Wildman–Crippen LogP) is 5.01. The lowest BCUT2D eigenvalue weighted by molar-refractivity contribution is -0.120. The lowest BCUT2D eigenvalue weighted by Crippen LogP contribution is -2.43. The third kappa shape index (κ3) is 5.02. The molecule has 0 unspecified atom stereocenters. The zero-order valence-corrected chi connectivity index (χ0v) is 19.6. The van der Waals surface area contributed by atoms with Crippen molar-refractivity contribution in [3.63, 3.8) is 0 Å². The minimum atomic E-state index is -3.66. The van der Waals surface area contributed by atoms with E-state index in [-0.39, 0.29) is 17.3 Å². The number of nitrogens with one attached hydrogen (secondary N) is 1. The highest BCUT2D eigenvalue weighted by Crippen LogP contribution is 2.29. The summed E-state index contributed by atoms with van der Waals surface area (Å²) >= 11 is 9.36. The molecule has 1 aliphatic heterocycles. The van der Waals surface area contributed by atoms with E-state index in [4.69, 9.17) is 11.6 Å². The van der Waals surface area contributed by atoms with Crippen LogP contribution >= 0.6 is 27.5 Å². The third-order valence-corrected chi connectivity index (χ3v) is 7.81. The van der Waals surface area contributed by atoms with Crippen LogP contribution in [0.4, 0.5) is 5.69 Å². The number of piperidine rings is 1. The van der Waals surface area contributed by atoms with Crippen LogP contribution in [0.1, 0.15) is 30.9 Å². The van der Waals surface area contributed by atoms with Crippen molar-refractivity contribution >= 4 is 49.1 Å². The Labute approximate surface area is 185 Å². The topological polar surface area (TPSA) is 66.5 Å². The molecule has 0 spiro atoms. The minimum absolute atomic E-state index is 0.138. The van der Waals surface area contributed by atoms with Gasteiger partial charge < -0.3 is 5.32 Å². The van der Waals surface area contributed by atoms with Crippen molar-refractivity contribution in [1.29, 1.82) is 0 Å². The van der Waals surface area contributed by atoms with E-state index < -0.39 is 15.9 Å². The molecule has 1 saturated heterocycles. The molecular formula is C21H24BrClN2O3S. The number of sulfonamides is 1. The predicted molar refractivity (Wildman–Crippen MR) is 120 cm³/mol. The second-order valence-electron chi connectivity index (χ2n) is 7.26. The average molecular weight is 500 g/mol. The SMILES string of the molecule is CCc1cc(Br)cc(C)c1NC(=O)[C@H]1CCCN(S(=O)(=O)c2ccc(Cl)cc2)C1. The van der Waals surface area contributed by atoms with Crippen LogP contribution in [-0.4, -0.2) is 31.7 Å². The first-order chi connectivity index (χ1) is 13.7. The Kier molecular flexibility index (Phi) is 7.04. The fourth-order valence-electron chi connectivity index (χ4n) is 3.63. The van der Waals surface area contributed by atoms with Crippen LogP contribution in [0.25, 0.3) is 0 Å². The number of benzene rings is 2. The maximum Gasteiger partial charge on any atom is 0.243 e. The van der Waals surface area contributed by atoms with Gasteiger partial charge in [-0.3, -0.25) is 4.79 Å². The first-order valence-corrected chi connectivity index (χ1v) is 12.2. The number of hydrogen-bond donors (Lipinski definition) is 1. The van der Waals surface area contributed by atoms with Crippen molar-refractivity contribution < 1.29 is 13.2 Å². The van der Waals surface area contributed by atoms with Gasteiger partial charge in [-0.25, -0.2) is 8.42 Å². The Morgan fingerprint density at radius 3 is 2.62 bits per heavy atom. The highest BCUT2D eigenvalue weighted by molar-refractivity contribution is 9.10. The van der Waals surface area contributed by atoms with Crippen LogP contribution in [0.5, 0.6) is 0 Å². The first-order valence-electron chi connectivity index (χ1n) is 9.58. The fraction of sp³-hybridized carbons (Fsp3) is 0.381. The Hall–Kier alpha value is -1.41. The van der Waals surface area contributed by atoms with Crippen LogP contribution in [0, 0.1) is 12.8 Å². The largest absolute Gasteiger partial charge is 0.325 e. The second-order valence-corrected chi connectivity index (χ2v) is 10.5. The molecule has 1 aliphatic rings. The second kappa shape index (κ2) is 9.16. The smallest absolute Gasteiger partial charge is 0.243 e. The summed E-state index contributed by atoms with van der Waals surface area (Å²) in [7, 11) is -3.66. The molecule has 29 heavy (non-hydrogen) atoms. The lowest BCUT2D eigenvalue weighted by Gasteiger charge is -2.31. The maximum atomic E-state index is 13.0. The summed E-state index contributed by atoms with van der Waals surface area (Å²) in [5.41, 5.74) is 2.84. The van der Waals surface area contributed by atoms with Gasteiger partial charge in [0, 0.05) is 28.3 Å². The molecule has 8 heteroatoms. The van der Waals surface area contributed by atoms with E-state index in [1.165, 1.54) is 16.4 Å². The van der Waals surface area contributed by atoms with Gasteiger partial charge in [-0.15, -0.1) is 0 Å². The van der Waals surface area contributed by atoms with Gasteiger partial charge in [0.1, 0.15) is 0 Å². The lowest BCUT2D eigenvalue weighted by atomic mass is 9.98. The third-order valence-electron chi connectivity index (χ3n) is 5.22. The van der Waals surface area contributed by atoms with E-state index >= 15 is 0 Å². The minimum Gasteiger partial charge on any atom is -0.325 e. The van der Waals surface area contributed by atoms with Gasteiger partial charge in [-0.05, 0) is 73.7 Å². The molecule has 156 valence electrons. The van der Waals surface area contributed by atoms with Crippen LogP contribution < -0.4 is 5.32 Å². The summed E-state index contributed by atoms with van der Waals surface area (Å²) in [4.78, 5) is 13.2. The number of nitrogens with zero attached hydrogens (tertiary/aromatic N) is 1. The number of aryl methyl sites for hydroxylation is 2. The molecule has 2 aromatic carbocycles. The van der Waals surface area contributed by atoms with Crippen LogP contribution in [0.2, 0.25) is 5.02 Å². The van der Waals surface area contributed by atoms with Crippen molar-refractivity contribution in [2.24, 2.45) is 5.92 Å². The van der Waals surface area contributed by atoms with Gasteiger partial charge in [0.05, 0.1) is 10.8 Å². The van der Waals surface area contributed by atoms with Crippen LogP contribution in [0.15, 0.2) is 45.8 Å². The van der Waals surface area contributed by atoms with Crippen LogP contribution in [0.3, 0.4) is 0 Å². The maximum absolute atomic E-state index is 13.0. The molecule has 0 radical (unpaired) electrons. The molecule has 1 amide bonds. The van der Waals surface area contributed by atoms with Crippen molar-refractivity contribution in [3.05, 3.63) is 57.0 Å². The van der Waals surface area contributed by atoms with Gasteiger partial charge in [-0.2, -0.15) is 4.31 Å². The standard InChI is InChI=1S/C21H24BrClN2O3S/c1-3-15-12-17(22)11-14(2)20(15)24-21(26)16-5-4-10-25(13-16)29(27,28)19-8-6-18(23)7-9-19/h6-9,11-12,16H,3-5,10,13H2,1-2H3,(H,24,26)/t16-/m0/s1. The summed E-state index contributed by atoms with van der Waals surface area (Å²) in [5.74, 6) is -0.528. The zero-order chi connectivity index (χ0) is 21.2. The van der Waals surface area contributed by atoms with Gasteiger partial charge in [0.2, 0.25) is 15.9 Å². The van der Waals surface area contributed by atoms with E-state index in [0.717, 1.165) is 27.7 Å². The van der Waals surface area contributed by atoms with Crippen molar-refractivity contribution in [2.75, 3.05) is 18.4 Å². The van der Waals surface area contributed by atoms with E-state index in [9.17, 15) is 13.2 Å². The van der Waals surface area contributed by atoms with Gasteiger partial charge >= 0.3 is 0 Å². The number of anilines is 1. The average Bonchev–Trinajstić information content (AvgIpc) is 2.70. The van der Waals surface area contributed by atoms with E-state index in [0.29, 0.717) is 24.4 Å². The van der Waals surface area contributed by atoms with E-state index in [2.05, 4.69) is 21.2 Å². The summed E-state index contributed by atoms with van der Waals surface area (Å²) in [5, 5.41) is 3.53. The van der Waals surface area contributed by atoms with Crippen molar-refractivity contribution in [3.8, 4) is 0 Å². The molecule has 1 heterocycles. The molecule has 0 aliphatic carbocycles. The summed E-state index contributed by atoms with van der Waals surface area (Å²) in [6, 6.07) is 10.1. The number of carbonyl (C=O) groups excluding carboxylic acids is 1. The number of halogens is 2. The quantitative estimate of drug-likeness (QED) is 0.629. The van der Waals surface area contributed by atoms with Gasteiger partial charge in [-0.1, -0.05) is 34.5 Å². The van der Waals surface area contributed by atoms with Gasteiger partial charge in [0.25, 0.3) is 0 Å². The molecule has 2 aromatic rings. The molecule has 5 nitrogen and oxygen atoms in total. The molecule has 1 N–H and O–H groups in total. The number of carbonyl (C=O) groups is 1. The Bertz CT molecular complexity index is 1010. The molecule has 0 aromatic heterocycles. The van der Waals surface area contributed by atoms with Crippen molar-refractivity contribution in [1.82, 2.24) is 4.31 Å². The highest BCUT2D eigenvalue weighted by atomic mass is 79.9. The summed E-state index contributed by atoms with van der Waals surface area (Å²) in [6.07, 6.45) is 2.10. The summed E-state index contributed by atoms with van der Waals surface area (Å²) < 4.78 is 28.3. The van der Waals surface area contributed by atoms with Gasteiger partial charge in [0.15, 0.2) is 0 Å².